The molecule has 0 radical (unpaired) electrons. The van der Waals surface area contributed by atoms with Gasteiger partial charge in [0.2, 0.25) is 19.9 Å². The second-order valence-electron chi connectivity index (χ2n) is 7.78. The zero-order chi connectivity index (χ0) is 22.6. The molecule has 4 N–H and O–H groups in total. The summed E-state index contributed by atoms with van der Waals surface area (Å²) in [7, 11) is 0. The highest BCUT2D eigenvalue weighted by Crippen LogP contribution is 2.40. The van der Waals surface area contributed by atoms with Crippen LogP contribution < -0.4 is 44.5 Å². The van der Waals surface area contributed by atoms with Crippen molar-refractivity contribution >= 4 is 11.4 Å². The van der Waals surface area contributed by atoms with E-state index in [-0.39, 0.29) is 13.6 Å². The molecule has 2 aromatic carbocycles. The molecule has 10 heteroatoms. The lowest BCUT2D eigenvalue weighted by Crippen LogP contribution is -2.32. The zero-order valence-corrected chi connectivity index (χ0v) is 18.2. The van der Waals surface area contributed by atoms with Crippen LogP contribution in [-0.4, -0.2) is 31.4 Å². The standard InChI is InChI=1S/C23H27N4O6/c24-16-9-20-22(32-14-30-20)11-18(16)28-7-1-3-26-5-6-27(13-26)4-2-8-29-19-12-23-21(10-17(19)25)31-15-33-23/h5-6,9-13H,1-4,7-8,14-15,24-25H2/q+1. The lowest BCUT2D eigenvalue weighted by atomic mass is 10.2. The number of aromatic nitrogens is 2. The highest BCUT2D eigenvalue weighted by molar-refractivity contribution is 5.63. The van der Waals surface area contributed by atoms with Crippen molar-refractivity contribution in [2.45, 2.75) is 25.9 Å². The Labute approximate surface area is 191 Å². The van der Waals surface area contributed by atoms with Gasteiger partial charge >= 0.3 is 0 Å². The number of nitrogen functional groups attached to an aromatic ring is 2. The molecular formula is C23H27N4O6+. The molecule has 1 aromatic heterocycles. The third-order valence-electron chi connectivity index (χ3n) is 5.39. The molecule has 174 valence electrons. The second-order valence-corrected chi connectivity index (χ2v) is 7.78. The van der Waals surface area contributed by atoms with Crippen LogP contribution in [0.5, 0.6) is 34.5 Å². The fourth-order valence-electron chi connectivity index (χ4n) is 3.69. The normalized spacial score (nSPS) is 13.3. The number of hydrogen-bond acceptors (Lipinski definition) is 8. The van der Waals surface area contributed by atoms with E-state index in [1.807, 2.05) is 12.4 Å². The molecule has 0 unspecified atom stereocenters. The summed E-state index contributed by atoms with van der Waals surface area (Å²) in [6, 6.07) is 7.02. The van der Waals surface area contributed by atoms with E-state index in [9.17, 15) is 0 Å². The molecule has 0 saturated heterocycles. The Morgan fingerprint density at radius 1 is 0.788 bits per heavy atom. The topological polar surface area (TPSA) is 116 Å². The predicted octanol–water partition coefficient (Wildman–Crippen LogP) is 2.34. The maximum atomic E-state index is 6.02. The molecule has 2 aliphatic heterocycles. The van der Waals surface area contributed by atoms with E-state index in [1.165, 1.54) is 0 Å². The summed E-state index contributed by atoms with van der Waals surface area (Å²) in [5.74, 6) is 3.87. The van der Waals surface area contributed by atoms with E-state index in [1.54, 1.807) is 24.3 Å². The van der Waals surface area contributed by atoms with E-state index in [2.05, 4.69) is 15.5 Å². The molecule has 3 aromatic rings. The van der Waals surface area contributed by atoms with Gasteiger partial charge in [0.15, 0.2) is 23.0 Å². The van der Waals surface area contributed by atoms with Crippen LogP contribution in [0, 0.1) is 0 Å². The van der Waals surface area contributed by atoms with Crippen molar-refractivity contribution in [3.05, 3.63) is 43.0 Å². The van der Waals surface area contributed by atoms with E-state index in [0.29, 0.717) is 59.1 Å². The number of hydrogen-bond donors (Lipinski definition) is 2. The molecular weight excluding hydrogens is 428 g/mol. The lowest BCUT2D eigenvalue weighted by molar-refractivity contribution is -0.696. The maximum Gasteiger partial charge on any atom is 0.243 e. The number of rotatable bonds is 10. The molecule has 0 fully saturated rings. The minimum absolute atomic E-state index is 0.213. The first-order chi connectivity index (χ1) is 16.2. The summed E-state index contributed by atoms with van der Waals surface area (Å²) >= 11 is 0. The van der Waals surface area contributed by atoms with Gasteiger partial charge in [-0.25, -0.2) is 9.13 Å². The zero-order valence-electron chi connectivity index (χ0n) is 18.2. The van der Waals surface area contributed by atoms with Crippen molar-refractivity contribution < 1.29 is 33.0 Å². The first-order valence-electron chi connectivity index (χ1n) is 10.8. The van der Waals surface area contributed by atoms with Gasteiger partial charge in [-0.3, -0.25) is 0 Å². The van der Waals surface area contributed by atoms with Crippen molar-refractivity contribution in [1.29, 1.82) is 0 Å². The van der Waals surface area contributed by atoms with Gasteiger partial charge in [-0.05, 0) is 0 Å². The highest BCUT2D eigenvalue weighted by atomic mass is 16.7. The van der Waals surface area contributed by atoms with Crippen LogP contribution >= 0.6 is 0 Å². The first kappa shape index (κ1) is 20.9. The van der Waals surface area contributed by atoms with Crippen molar-refractivity contribution in [3.8, 4) is 34.5 Å². The third-order valence-corrected chi connectivity index (χ3v) is 5.39. The number of nitrogens with two attached hydrogens (primary N) is 2. The van der Waals surface area contributed by atoms with Crippen molar-refractivity contribution in [1.82, 2.24) is 4.57 Å². The number of anilines is 2. The second kappa shape index (κ2) is 9.27. The average Bonchev–Trinajstić information content (AvgIpc) is 3.55. The van der Waals surface area contributed by atoms with Crippen molar-refractivity contribution in [2.75, 3.05) is 38.3 Å². The molecule has 0 amide bonds. The molecule has 33 heavy (non-hydrogen) atoms. The molecule has 0 spiro atoms. The Morgan fingerprint density at radius 3 is 1.94 bits per heavy atom. The molecule has 2 aliphatic rings. The van der Waals surface area contributed by atoms with E-state index >= 15 is 0 Å². The van der Waals surface area contributed by atoms with E-state index in [4.69, 9.17) is 39.9 Å². The lowest BCUT2D eigenvalue weighted by Gasteiger charge is -2.09. The van der Waals surface area contributed by atoms with Gasteiger partial charge < -0.3 is 39.9 Å². The van der Waals surface area contributed by atoms with Gasteiger partial charge in [0.1, 0.15) is 23.9 Å². The highest BCUT2D eigenvalue weighted by Gasteiger charge is 2.18. The summed E-state index contributed by atoms with van der Waals surface area (Å²) in [5.41, 5.74) is 13.1. The number of ether oxygens (including phenoxy) is 6. The van der Waals surface area contributed by atoms with E-state index < -0.39 is 0 Å². The summed E-state index contributed by atoms with van der Waals surface area (Å²) in [5, 5.41) is 0. The number of nitrogens with zero attached hydrogens (tertiary/aromatic N) is 2. The fourth-order valence-corrected chi connectivity index (χ4v) is 3.69. The van der Waals surface area contributed by atoms with Gasteiger partial charge in [0, 0.05) is 37.1 Å². The molecule has 0 aliphatic carbocycles. The fraction of sp³-hybridized carbons (Fsp3) is 0.348. The largest absolute Gasteiger partial charge is 0.491 e. The summed E-state index contributed by atoms with van der Waals surface area (Å²) in [6.45, 7) is 3.19. The quantitative estimate of drug-likeness (QED) is 0.272. The summed E-state index contributed by atoms with van der Waals surface area (Å²) in [6.07, 6.45) is 7.85. The number of aryl methyl sites for hydroxylation is 2. The number of imidazole rings is 1. The molecule has 0 bridgehead atoms. The van der Waals surface area contributed by atoms with Crippen LogP contribution in [0.4, 0.5) is 11.4 Å². The Bertz CT molecular complexity index is 1050. The minimum Gasteiger partial charge on any atom is -0.491 e. The molecule has 10 nitrogen and oxygen atoms in total. The van der Waals surface area contributed by atoms with Crippen LogP contribution in [-0.2, 0) is 13.1 Å². The minimum atomic E-state index is 0.213. The van der Waals surface area contributed by atoms with Crippen LogP contribution in [0.3, 0.4) is 0 Å². The van der Waals surface area contributed by atoms with Crippen molar-refractivity contribution in [3.63, 3.8) is 0 Å². The van der Waals surface area contributed by atoms with Gasteiger partial charge in [0.25, 0.3) is 0 Å². The Morgan fingerprint density at radius 2 is 1.33 bits per heavy atom. The summed E-state index contributed by atoms with van der Waals surface area (Å²) in [4.78, 5) is 0. The Balaban J connectivity index is 1.02. The van der Waals surface area contributed by atoms with Crippen molar-refractivity contribution in [2.24, 2.45) is 0 Å². The molecule has 0 saturated carbocycles. The van der Waals surface area contributed by atoms with Crippen LogP contribution in [0.15, 0.2) is 43.0 Å². The molecule has 0 atom stereocenters. The maximum absolute atomic E-state index is 6.02. The monoisotopic (exact) mass is 455 g/mol. The van der Waals surface area contributed by atoms with E-state index in [0.717, 1.165) is 25.9 Å². The molecule has 5 rings (SSSR count). The Kier molecular flexibility index (Phi) is 5.88. The first-order valence-corrected chi connectivity index (χ1v) is 10.8. The molecule has 3 heterocycles. The van der Waals surface area contributed by atoms with Crippen LogP contribution in [0.25, 0.3) is 0 Å². The number of fused-ring (bicyclic) bond motifs is 2. The SMILES string of the molecule is Nc1cc2c(cc1OCCCn1cc[n+](CCCOc3cc4c(cc3N)OCO4)c1)OCO2. The van der Waals surface area contributed by atoms with Gasteiger partial charge in [-0.15, -0.1) is 0 Å². The van der Waals surface area contributed by atoms with Gasteiger partial charge in [-0.1, -0.05) is 0 Å². The predicted molar refractivity (Wildman–Crippen MR) is 119 cm³/mol. The van der Waals surface area contributed by atoms with Gasteiger partial charge in [0.05, 0.1) is 37.7 Å². The summed E-state index contributed by atoms with van der Waals surface area (Å²) < 4.78 is 37.3. The van der Waals surface area contributed by atoms with Gasteiger partial charge in [-0.2, -0.15) is 0 Å². The van der Waals surface area contributed by atoms with Crippen LogP contribution in [0.2, 0.25) is 0 Å². The average molecular weight is 455 g/mol. The number of benzene rings is 2. The third kappa shape index (κ3) is 4.79. The van der Waals surface area contributed by atoms with Crippen LogP contribution in [0.1, 0.15) is 12.8 Å². The smallest absolute Gasteiger partial charge is 0.243 e. The Hall–Kier alpha value is -3.95.